The standard InChI is InChI=1S/C15H15N3O5/c1-3-5-12(15(21)22)18-7-4-6-10(14(18)20)16-13(19)11-8-9(2)23-17-11/h3-4,6-8,12H,1,5H2,2H3,(H,16,19)(H,21,22)/t12-/m0/s1. The van der Waals surface area contributed by atoms with E-state index >= 15 is 0 Å². The molecule has 0 saturated heterocycles. The van der Waals surface area contributed by atoms with E-state index in [1.165, 1.54) is 30.5 Å². The predicted octanol–water partition coefficient (Wildman–Crippen LogP) is 1.60. The molecule has 0 unspecified atom stereocenters. The Labute approximate surface area is 131 Å². The Morgan fingerprint density at radius 2 is 2.30 bits per heavy atom. The number of nitrogens with zero attached hydrogens (tertiary/aromatic N) is 2. The number of carboxylic acid groups (broad SMARTS) is 1. The number of anilines is 1. The Hall–Kier alpha value is -3.16. The third kappa shape index (κ3) is 3.54. The van der Waals surface area contributed by atoms with E-state index in [1.807, 2.05) is 0 Å². The van der Waals surface area contributed by atoms with Crippen LogP contribution in [0.1, 0.15) is 28.7 Å². The van der Waals surface area contributed by atoms with Crippen LogP contribution in [0.4, 0.5) is 5.69 Å². The molecular formula is C15H15N3O5. The van der Waals surface area contributed by atoms with Crippen LogP contribution in [0.25, 0.3) is 0 Å². The minimum absolute atomic E-state index is 0.0261. The van der Waals surface area contributed by atoms with Gasteiger partial charge in [-0.1, -0.05) is 11.2 Å². The van der Waals surface area contributed by atoms with Gasteiger partial charge in [0.1, 0.15) is 17.5 Å². The lowest BCUT2D eigenvalue weighted by Gasteiger charge is -2.15. The van der Waals surface area contributed by atoms with E-state index in [0.29, 0.717) is 5.76 Å². The normalized spacial score (nSPS) is 11.7. The van der Waals surface area contributed by atoms with Gasteiger partial charge in [0.05, 0.1) is 0 Å². The third-order valence-electron chi connectivity index (χ3n) is 3.09. The van der Waals surface area contributed by atoms with Gasteiger partial charge in [0.2, 0.25) is 0 Å². The summed E-state index contributed by atoms with van der Waals surface area (Å²) >= 11 is 0. The van der Waals surface area contributed by atoms with Gasteiger partial charge in [0.25, 0.3) is 11.5 Å². The highest BCUT2D eigenvalue weighted by molar-refractivity contribution is 6.02. The molecule has 8 heteroatoms. The van der Waals surface area contributed by atoms with E-state index in [2.05, 4.69) is 17.1 Å². The van der Waals surface area contributed by atoms with Crippen LogP contribution < -0.4 is 10.9 Å². The molecule has 8 nitrogen and oxygen atoms in total. The van der Waals surface area contributed by atoms with E-state index < -0.39 is 23.5 Å². The fraction of sp³-hybridized carbons (Fsp3) is 0.200. The van der Waals surface area contributed by atoms with E-state index in [0.717, 1.165) is 4.57 Å². The summed E-state index contributed by atoms with van der Waals surface area (Å²) in [7, 11) is 0. The number of nitrogens with one attached hydrogen (secondary N) is 1. The molecule has 0 saturated carbocycles. The number of pyridine rings is 1. The summed E-state index contributed by atoms with van der Waals surface area (Å²) in [4.78, 5) is 35.7. The topological polar surface area (TPSA) is 114 Å². The number of aromatic nitrogens is 2. The number of aryl methyl sites for hydroxylation is 1. The van der Waals surface area contributed by atoms with Gasteiger partial charge in [0, 0.05) is 12.3 Å². The van der Waals surface area contributed by atoms with E-state index in [-0.39, 0.29) is 17.8 Å². The zero-order chi connectivity index (χ0) is 17.0. The van der Waals surface area contributed by atoms with Gasteiger partial charge in [-0.2, -0.15) is 0 Å². The van der Waals surface area contributed by atoms with Gasteiger partial charge in [-0.05, 0) is 25.5 Å². The molecule has 0 spiro atoms. The Kier molecular flexibility index (Phi) is 4.75. The van der Waals surface area contributed by atoms with Crippen molar-refractivity contribution in [3.63, 3.8) is 0 Å². The van der Waals surface area contributed by atoms with Crippen molar-refractivity contribution in [2.24, 2.45) is 0 Å². The van der Waals surface area contributed by atoms with Crippen molar-refractivity contribution in [3.8, 4) is 0 Å². The lowest BCUT2D eigenvalue weighted by molar-refractivity contribution is -0.140. The summed E-state index contributed by atoms with van der Waals surface area (Å²) in [6, 6.07) is 3.20. The molecule has 2 aromatic heterocycles. The number of hydrogen-bond acceptors (Lipinski definition) is 5. The molecule has 23 heavy (non-hydrogen) atoms. The number of hydrogen-bond donors (Lipinski definition) is 2. The highest BCUT2D eigenvalue weighted by atomic mass is 16.5. The number of amides is 1. The summed E-state index contributed by atoms with van der Waals surface area (Å²) in [5, 5.41) is 15.2. The molecule has 1 amide bonds. The molecule has 120 valence electrons. The Balaban J connectivity index is 2.32. The van der Waals surface area contributed by atoms with Crippen LogP contribution in [0.5, 0.6) is 0 Å². The van der Waals surface area contributed by atoms with Crippen LogP contribution in [0.15, 0.2) is 46.4 Å². The highest BCUT2D eigenvalue weighted by Gasteiger charge is 2.21. The molecule has 0 aliphatic rings. The lowest BCUT2D eigenvalue weighted by Crippen LogP contribution is -2.31. The summed E-state index contributed by atoms with van der Waals surface area (Å²) in [6.07, 6.45) is 2.84. The SMILES string of the molecule is C=CC[C@@H](C(=O)O)n1cccc(NC(=O)c2cc(C)on2)c1=O. The first kappa shape index (κ1) is 16.2. The first-order valence-corrected chi connectivity index (χ1v) is 6.73. The molecule has 0 bridgehead atoms. The fourth-order valence-corrected chi connectivity index (χ4v) is 2.00. The van der Waals surface area contributed by atoms with Crippen molar-refractivity contribution in [1.29, 1.82) is 0 Å². The minimum atomic E-state index is -1.16. The second-order valence-electron chi connectivity index (χ2n) is 4.79. The lowest BCUT2D eigenvalue weighted by atomic mass is 10.2. The molecule has 2 aromatic rings. The largest absolute Gasteiger partial charge is 0.480 e. The number of carbonyl (C=O) groups excluding carboxylic acids is 1. The van der Waals surface area contributed by atoms with E-state index in [1.54, 1.807) is 6.92 Å². The average Bonchev–Trinajstić information content (AvgIpc) is 2.94. The molecule has 1 atom stereocenters. The molecule has 0 aliphatic carbocycles. The van der Waals surface area contributed by atoms with Crippen molar-refractivity contribution in [1.82, 2.24) is 9.72 Å². The molecule has 2 rings (SSSR count). The third-order valence-corrected chi connectivity index (χ3v) is 3.09. The molecular weight excluding hydrogens is 302 g/mol. The summed E-state index contributed by atoms with van der Waals surface area (Å²) in [5.74, 6) is -1.33. The molecule has 0 radical (unpaired) electrons. The summed E-state index contributed by atoms with van der Waals surface area (Å²) < 4.78 is 5.83. The van der Waals surface area contributed by atoms with Gasteiger partial charge in [-0.3, -0.25) is 14.2 Å². The maximum Gasteiger partial charge on any atom is 0.327 e. The van der Waals surface area contributed by atoms with Crippen LogP contribution in [0.3, 0.4) is 0 Å². The smallest absolute Gasteiger partial charge is 0.327 e. The monoisotopic (exact) mass is 317 g/mol. The van der Waals surface area contributed by atoms with Gasteiger partial charge in [0.15, 0.2) is 5.69 Å². The molecule has 2 heterocycles. The quantitative estimate of drug-likeness (QED) is 0.782. The maximum absolute atomic E-state index is 12.4. The van der Waals surface area contributed by atoms with Crippen molar-refractivity contribution in [2.45, 2.75) is 19.4 Å². The zero-order valence-electron chi connectivity index (χ0n) is 12.4. The van der Waals surface area contributed by atoms with Gasteiger partial charge < -0.3 is 14.9 Å². The molecule has 2 N–H and O–H groups in total. The van der Waals surface area contributed by atoms with Crippen molar-refractivity contribution in [3.05, 3.63) is 58.9 Å². The Morgan fingerprint density at radius 1 is 1.57 bits per heavy atom. The first-order valence-electron chi connectivity index (χ1n) is 6.73. The van der Waals surface area contributed by atoms with Crippen LogP contribution in [0, 0.1) is 6.92 Å². The second-order valence-corrected chi connectivity index (χ2v) is 4.79. The molecule has 0 aromatic carbocycles. The van der Waals surface area contributed by atoms with Crippen molar-refractivity contribution < 1.29 is 19.2 Å². The van der Waals surface area contributed by atoms with E-state index in [4.69, 9.17) is 4.52 Å². The molecule has 0 aliphatic heterocycles. The van der Waals surface area contributed by atoms with Crippen molar-refractivity contribution in [2.75, 3.05) is 5.32 Å². The number of aliphatic carboxylic acids is 1. The van der Waals surface area contributed by atoms with Crippen LogP contribution >= 0.6 is 0 Å². The number of rotatable bonds is 6. The minimum Gasteiger partial charge on any atom is -0.480 e. The van der Waals surface area contributed by atoms with Gasteiger partial charge in [-0.25, -0.2) is 4.79 Å². The summed E-state index contributed by atoms with van der Waals surface area (Å²) in [5.41, 5.74) is -0.651. The Morgan fingerprint density at radius 3 is 2.87 bits per heavy atom. The predicted molar refractivity (Wildman–Crippen MR) is 81.4 cm³/mol. The number of allylic oxidation sites excluding steroid dienone is 1. The maximum atomic E-state index is 12.4. The van der Waals surface area contributed by atoms with Crippen LogP contribution in [-0.2, 0) is 4.79 Å². The first-order chi connectivity index (χ1) is 10.9. The average molecular weight is 317 g/mol. The number of carbonyl (C=O) groups is 2. The van der Waals surface area contributed by atoms with Crippen LogP contribution in [0.2, 0.25) is 0 Å². The molecule has 0 fully saturated rings. The highest BCUT2D eigenvalue weighted by Crippen LogP contribution is 2.12. The number of carboxylic acids is 1. The Bertz CT molecular complexity index is 805. The van der Waals surface area contributed by atoms with Crippen LogP contribution in [-0.4, -0.2) is 26.7 Å². The van der Waals surface area contributed by atoms with Gasteiger partial charge in [-0.15, -0.1) is 6.58 Å². The van der Waals surface area contributed by atoms with Gasteiger partial charge >= 0.3 is 5.97 Å². The fourth-order valence-electron chi connectivity index (χ4n) is 2.00. The summed E-state index contributed by atoms with van der Waals surface area (Å²) in [6.45, 7) is 5.11. The van der Waals surface area contributed by atoms with Crippen molar-refractivity contribution >= 4 is 17.6 Å². The second kappa shape index (κ2) is 6.73. The van der Waals surface area contributed by atoms with E-state index in [9.17, 15) is 19.5 Å². The zero-order valence-corrected chi connectivity index (χ0v) is 12.4.